The van der Waals surface area contributed by atoms with Crippen LogP contribution < -0.4 is 22.1 Å². The van der Waals surface area contributed by atoms with E-state index in [1.165, 1.54) is 16.7 Å². The van der Waals surface area contributed by atoms with Gasteiger partial charge in [-0.15, -0.1) is 0 Å². The van der Waals surface area contributed by atoms with Crippen molar-refractivity contribution in [3.8, 4) is 0 Å². The van der Waals surface area contributed by atoms with Crippen LogP contribution in [-0.2, 0) is 24.0 Å². The Labute approximate surface area is 178 Å². The van der Waals surface area contributed by atoms with Crippen LogP contribution in [0.5, 0.6) is 0 Å². The number of aliphatic hydroxyl groups is 1. The van der Waals surface area contributed by atoms with Crippen molar-refractivity contribution in [2.45, 2.75) is 49.9 Å². The number of aliphatic carboxylic acids is 1. The standard InChI is InChI=1S/C17H29N5O7S/c1-30-6-4-10(20-14(25)9(18)8-23)16(27)22-5-2-3-12(22)15(26)21-11(17(28)29)7-13(19)24/h9-12,23H,2-8,18H2,1H3,(H2,19,24)(H,20,25)(H,21,26)(H,28,29). The average Bonchev–Trinajstić information content (AvgIpc) is 3.18. The van der Waals surface area contributed by atoms with Gasteiger partial charge in [0, 0.05) is 6.54 Å². The number of nitrogens with two attached hydrogens (primary N) is 2. The van der Waals surface area contributed by atoms with Gasteiger partial charge in [0.05, 0.1) is 13.0 Å². The Hall–Kier alpha value is -2.38. The van der Waals surface area contributed by atoms with Gasteiger partial charge in [-0.2, -0.15) is 11.8 Å². The highest BCUT2D eigenvalue weighted by Gasteiger charge is 2.39. The molecule has 0 saturated carbocycles. The number of likely N-dealkylation sites (tertiary alicyclic amines) is 1. The number of carboxylic acids is 1. The van der Waals surface area contributed by atoms with Gasteiger partial charge >= 0.3 is 5.97 Å². The molecule has 0 aromatic rings. The van der Waals surface area contributed by atoms with E-state index < -0.39 is 66.8 Å². The summed E-state index contributed by atoms with van der Waals surface area (Å²) in [6, 6.07) is -4.57. The zero-order valence-corrected chi connectivity index (χ0v) is 17.5. The maximum absolute atomic E-state index is 13.0. The summed E-state index contributed by atoms with van der Waals surface area (Å²) < 4.78 is 0. The number of carbonyl (C=O) groups excluding carboxylic acids is 4. The third kappa shape index (κ3) is 7.46. The van der Waals surface area contributed by atoms with E-state index in [1.807, 2.05) is 6.26 Å². The van der Waals surface area contributed by atoms with Crippen LogP contribution in [0.4, 0.5) is 0 Å². The van der Waals surface area contributed by atoms with Crippen molar-refractivity contribution in [3.63, 3.8) is 0 Å². The van der Waals surface area contributed by atoms with Gasteiger partial charge in [-0.25, -0.2) is 4.79 Å². The summed E-state index contributed by atoms with van der Waals surface area (Å²) in [5.74, 6) is -3.65. The molecule has 0 radical (unpaired) electrons. The minimum Gasteiger partial charge on any atom is -0.480 e. The second-order valence-electron chi connectivity index (χ2n) is 6.89. The number of carboxylic acid groups (broad SMARTS) is 1. The molecule has 4 atom stereocenters. The summed E-state index contributed by atoms with van der Waals surface area (Å²) in [6.07, 6.45) is 2.36. The maximum Gasteiger partial charge on any atom is 0.326 e. The third-order valence-electron chi connectivity index (χ3n) is 4.62. The molecule has 30 heavy (non-hydrogen) atoms. The van der Waals surface area contributed by atoms with Crippen LogP contribution in [0.3, 0.4) is 0 Å². The predicted molar refractivity (Wildman–Crippen MR) is 108 cm³/mol. The lowest BCUT2D eigenvalue weighted by molar-refractivity contribution is -0.145. The van der Waals surface area contributed by atoms with Crippen molar-refractivity contribution in [2.24, 2.45) is 11.5 Å². The molecular weight excluding hydrogens is 418 g/mol. The molecular formula is C17H29N5O7S. The van der Waals surface area contributed by atoms with Crippen molar-refractivity contribution >= 4 is 41.4 Å². The minimum atomic E-state index is -1.50. The van der Waals surface area contributed by atoms with Crippen LogP contribution in [-0.4, -0.2) is 94.0 Å². The third-order valence-corrected chi connectivity index (χ3v) is 5.26. The zero-order chi connectivity index (χ0) is 22.8. The first kappa shape index (κ1) is 25.7. The van der Waals surface area contributed by atoms with Crippen molar-refractivity contribution in [3.05, 3.63) is 0 Å². The van der Waals surface area contributed by atoms with Crippen LogP contribution in [0.15, 0.2) is 0 Å². The Bertz CT molecular complexity index is 662. The molecule has 0 aliphatic carbocycles. The van der Waals surface area contributed by atoms with Crippen molar-refractivity contribution in [1.29, 1.82) is 0 Å². The molecule has 4 unspecified atom stereocenters. The van der Waals surface area contributed by atoms with Gasteiger partial charge in [-0.3, -0.25) is 19.2 Å². The van der Waals surface area contributed by atoms with Gasteiger partial charge in [0.25, 0.3) is 0 Å². The Morgan fingerprint density at radius 1 is 1.20 bits per heavy atom. The van der Waals surface area contributed by atoms with Crippen LogP contribution in [0.2, 0.25) is 0 Å². The second kappa shape index (κ2) is 12.3. The Morgan fingerprint density at radius 2 is 1.87 bits per heavy atom. The summed E-state index contributed by atoms with van der Waals surface area (Å²) in [6.45, 7) is -0.331. The molecule has 8 N–H and O–H groups in total. The maximum atomic E-state index is 13.0. The first-order valence-corrected chi connectivity index (χ1v) is 10.8. The summed E-state index contributed by atoms with van der Waals surface area (Å²) in [4.78, 5) is 61.3. The molecule has 0 bridgehead atoms. The van der Waals surface area contributed by atoms with E-state index in [2.05, 4.69) is 10.6 Å². The fraction of sp³-hybridized carbons (Fsp3) is 0.706. The molecule has 0 spiro atoms. The molecule has 4 amide bonds. The van der Waals surface area contributed by atoms with E-state index in [0.717, 1.165) is 0 Å². The van der Waals surface area contributed by atoms with E-state index in [1.54, 1.807) is 0 Å². The number of hydrogen-bond donors (Lipinski definition) is 6. The van der Waals surface area contributed by atoms with Crippen molar-refractivity contribution in [2.75, 3.05) is 25.2 Å². The summed E-state index contributed by atoms with van der Waals surface area (Å²) in [5.41, 5.74) is 10.5. The molecule has 12 nitrogen and oxygen atoms in total. The van der Waals surface area contributed by atoms with Crippen molar-refractivity contribution in [1.82, 2.24) is 15.5 Å². The highest BCUT2D eigenvalue weighted by molar-refractivity contribution is 7.98. The molecule has 0 aromatic heterocycles. The Kier molecular flexibility index (Phi) is 10.6. The molecule has 1 rings (SSSR count). The van der Waals surface area contributed by atoms with E-state index in [4.69, 9.17) is 21.7 Å². The lowest BCUT2D eigenvalue weighted by Gasteiger charge is -2.29. The van der Waals surface area contributed by atoms with Crippen molar-refractivity contribution < 1.29 is 34.2 Å². The zero-order valence-electron chi connectivity index (χ0n) is 16.7. The smallest absolute Gasteiger partial charge is 0.326 e. The molecule has 170 valence electrons. The fourth-order valence-corrected chi connectivity index (χ4v) is 3.50. The number of nitrogens with one attached hydrogen (secondary N) is 2. The number of aliphatic hydroxyl groups excluding tert-OH is 1. The second-order valence-corrected chi connectivity index (χ2v) is 7.88. The monoisotopic (exact) mass is 447 g/mol. The van der Waals surface area contributed by atoms with E-state index in [-0.39, 0.29) is 13.0 Å². The number of carbonyl (C=O) groups is 5. The highest BCUT2D eigenvalue weighted by atomic mass is 32.2. The largest absolute Gasteiger partial charge is 0.480 e. The number of rotatable bonds is 12. The van der Waals surface area contributed by atoms with Gasteiger partial charge in [0.2, 0.25) is 23.6 Å². The van der Waals surface area contributed by atoms with Crippen LogP contribution in [0, 0.1) is 0 Å². The number of amides is 4. The van der Waals surface area contributed by atoms with Gasteiger partial charge in [0.15, 0.2) is 0 Å². The molecule has 13 heteroatoms. The summed E-state index contributed by atoms with van der Waals surface area (Å²) >= 11 is 1.46. The Morgan fingerprint density at radius 3 is 2.40 bits per heavy atom. The fourth-order valence-electron chi connectivity index (χ4n) is 3.03. The van der Waals surface area contributed by atoms with E-state index in [9.17, 15) is 24.0 Å². The van der Waals surface area contributed by atoms with Crippen LogP contribution in [0.1, 0.15) is 25.7 Å². The number of hydrogen-bond acceptors (Lipinski definition) is 8. The molecule has 1 heterocycles. The quantitative estimate of drug-likeness (QED) is 0.180. The lowest BCUT2D eigenvalue weighted by Crippen LogP contribution is -2.57. The number of primary amides is 1. The average molecular weight is 448 g/mol. The molecule has 1 aliphatic rings. The Balaban J connectivity index is 2.92. The van der Waals surface area contributed by atoms with Gasteiger partial charge < -0.3 is 37.2 Å². The van der Waals surface area contributed by atoms with Crippen LogP contribution in [0.25, 0.3) is 0 Å². The lowest BCUT2D eigenvalue weighted by atomic mass is 10.1. The van der Waals surface area contributed by atoms with Crippen LogP contribution >= 0.6 is 11.8 Å². The topological polar surface area (TPSA) is 205 Å². The van der Waals surface area contributed by atoms with Gasteiger partial charge in [0.1, 0.15) is 24.2 Å². The molecule has 1 fully saturated rings. The number of nitrogens with zero attached hydrogens (tertiary/aromatic N) is 1. The van der Waals surface area contributed by atoms with Gasteiger partial charge in [-0.05, 0) is 31.3 Å². The first-order chi connectivity index (χ1) is 14.1. The van der Waals surface area contributed by atoms with Gasteiger partial charge in [-0.1, -0.05) is 0 Å². The first-order valence-electron chi connectivity index (χ1n) is 9.40. The number of thioether (sulfide) groups is 1. The predicted octanol–water partition coefficient (Wildman–Crippen LogP) is -3.02. The van der Waals surface area contributed by atoms with E-state index in [0.29, 0.717) is 18.6 Å². The summed E-state index contributed by atoms with van der Waals surface area (Å²) in [5, 5.41) is 23.0. The molecule has 1 aliphatic heterocycles. The minimum absolute atomic E-state index is 0.252. The van der Waals surface area contributed by atoms with E-state index >= 15 is 0 Å². The molecule has 0 aromatic carbocycles. The highest BCUT2D eigenvalue weighted by Crippen LogP contribution is 2.20. The summed E-state index contributed by atoms with van der Waals surface area (Å²) in [7, 11) is 0. The molecule has 1 saturated heterocycles. The normalized spacial score (nSPS) is 18.9. The SMILES string of the molecule is CSCCC(NC(=O)C(N)CO)C(=O)N1CCCC1C(=O)NC(CC(N)=O)C(=O)O.